The molecule has 2 aromatic rings. The highest BCUT2D eigenvalue weighted by molar-refractivity contribution is 7.90. The standard InChI is InChI=1S/C17H22ClN3O5S/c1-4-21-17(23)12(10-20-21)16(22)11-6-7-13(27(3,24)25)15(14(11)18)19-8-9-26-5-2/h6-7,10,19,23H,4-5,8-9H2,1-3H3. The fourth-order valence-corrected chi connectivity index (χ4v) is 3.75. The minimum absolute atomic E-state index is 0.00822. The molecule has 0 saturated carbocycles. The topological polar surface area (TPSA) is 111 Å². The second-order valence-electron chi connectivity index (χ2n) is 5.72. The second-order valence-corrected chi connectivity index (χ2v) is 8.08. The van der Waals surface area contributed by atoms with E-state index in [0.29, 0.717) is 26.3 Å². The number of rotatable bonds is 9. The van der Waals surface area contributed by atoms with E-state index in [1.807, 2.05) is 6.92 Å². The van der Waals surface area contributed by atoms with Gasteiger partial charge in [0.05, 0.1) is 28.4 Å². The van der Waals surface area contributed by atoms with E-state index in [9.17, 15) is 18.3 Å². The van der Waals surface area contributed by atoms with Gasteiger partial charge in [-0.3, -0.25) is 4.79 Å². The van der Waals surface area contributed by atoms with Crippen molar-refractivity contribution in [1.29, 1.82) is 0 Å². The molecule has 1 heterocycles. The van der Waals surface area contributed by atoms with Crippen LogP contribution in [0.25, 0.3) is 0 Å². The minimum atomic E-state index is -3.58. The van der Waals surface area contributed by atoms with Gasteiger partial charge in [-0.2, -0.15) is 5.10 Å². The van der Waals surface area contributed by atoms with E-state index in [1.54, 1.807) is 6.92 Å². The molecule has 148 valence electrons. The number of halogens is 1. The van der Waals surface area contributed by atoms with Crippen molar-refractivity contribution in [2.75, 3.05) is 31.3 Å². The number of ether oxygens (including phenoxy) is 1. The SMILES string of the molecule is CCOCCNc1c(S(C)(=O)=O)ccc(C(=O)c2cnn(CC)c2O)c1Cl. The molecule has 2 N–H and O–H groups in total. The van der Waals surface area contributed by atoms with Crippen LogP contribution in [0.2, 0.25) is 5.02 Å². The Morgan fingerprint density at radius 2 is 2.04 bits per heavy atom. The number of nitrogens with one attached hydrogen (secondary N) is 1. The molecule has 8 nitrogen and oxygen atoms in total. The van der Waals surface area contributed by atoms with Gasteiger partial charge in [0.2, 0.25) is 11.7 Å². The van der Waals surface area contributed by atoms with E-state index < -0.39 is 15.6 Å². The summed E-state index contributed by atoms with van der Waals surface area (Å²) in [6.07, 6.45) is 2.31. The smallest absolute Gasteiger partial charge is 0.220 e. The summed E-state index contributed by atoms with van der Waals surface area (Å²) in [5.41, 5.74) is 0.187. The number of sulfone groups is 1. The van der Waals surface area contributed by atoms with Crippen molar-refractivity contribution in [3.05, 3.63) is 34.5 Å². The van der Waals surface area contributed by atoms with Crippen LogP contribution < -0.4 is 5.32 Å². The zero-order valence-electron chi connectivity index (χ0n) is 15.3. The maximum absolute atomic E-state index is 12.8. The maximum Gasteiger partial charge on any atom is 0.220 e. The molecule has 1 aromatic carbocycles. The molecule has 2 rings (SSSR count). The lowest BCUT2D eigenvalue weighted by Crippen LogP contribution is -2.14. The zero-order chi connectivity index (χ0) is 20.2. The van der Waals surface area contributed by atoms with E-state index >= 15 is 0 Å². The van der Waals surface area contributed by atoms with Crippen LogP contribution in [0.3, 0.4) is 0 Å². The Morgan fingerprint density at radius 1 is 1.33 bits per heavy atom. The van der Waals surface area contributed by atoms with E-state index in [2.05, 4.69) is 10.4 Å². The molecule has 0 unspecified atom stereocenters. The number of nitrogens with zero attached hydrogens (tertiary/aromatic N) is 2. The maximum atomic E-state index is 12.8. The molecule has 0 amide bonds. The highest BCUT2D eigenvalue weighted by Gasteiger charge is 2.25. The fraction of sp³-hybridized carbons (Fsp3) is 0.412. The number of anilines is 1. The second kappa shape index (κ2) is 8.73. The fourth-order valence-electron chi connectivity index (χ4n) is 2.52. The molecule has 27 heavy (non-hydrogen) atoms. The summed E-state index contributed by atoms with van der Waals surface area (Å²) in [5.74, 6) is -0.818. The lowest BCUT2D eigenvalue weighted by molar-refractivity contribution is 0.103. The summed E-state index contributed by atoms with van der Waals surface area (Å²) < 4.78 is 30.7. The van der Waals surface area contributed by atoms with Crippen molar-refractivity contribution in [3.8, 4) is 5.88 Å². The van der Waals surface area contributed by atoms with Gasteiger partial charge in [-0.05, 0) is 26.0 Å². The van der Waals surface area contributed by atoms with Crippen molar-refractivity contribution < 1.29 is 23.1 Å². The predicted octanol–water partition coefficient (Wildman–Crippen LogP) is 2.34. The first-order valence-corrected chi connectivity index (χ1v) is 10.6. The van der Waals surface area contributed by atoms with Crippen molar-refractivity contribution >= 4 is 32.9 Å². The Kier molecular flexibility index (Phi) is 6.85. The molecule has 0 saturated heterocycles. The van der Waals surface area contributed by atoms with Gasteiger partial charge < -0.3 is 15.2 Å². The highest BCUT2D eigenvalue weighted by atomic mass is 35.5. The first-order chi connectivity index (χ1) is 12.7. The van der Waals surface area contributed by atoms with Crippen molar-refractivity contribution in [2.24, 2.45) is 0 Å². The molecule has 0 aliphatic heterocycles. The van der Waals surface area contributed by atoms with Gasteiger partial charge in [-0.25, -0.2) is 13.1 Å². The average Bonchev–Trinajstić information content (AvgIpc) is 2.98. The summed E-state index contributed by atoms with van der Waals surface area (Å²) in [5, 5.41) is 16.9. The highest BCUT2D eigenvalue weighted by Crippen LogP contribution is 2.35. The predicted molar refractivity (Wildman–Crippen MR) is 103 cm³/mol. The van der Waals surface area contributed by atoms with Crippen LogP contribution in [0.1, 0.15) is 29.8 Å². The quantitative estimate of drug-likeness (QED) is 0.477. The van der Waals surface area contributed by atoms with Gasteiger partial charge in [-0.15, -0.1) is 0 Å². The Morgan fingerprint density at radius 3 is 2.59 bits per heavy atom. The third kappa shape index (κ3) is 4.60. The van der Waals surface area contributed by atoms with Crippen molar-refractivity contribution in [2.45, 2.75) is 25.3 Å². The lowest BCUT2D eigenvalue weighted by Gasteiger charge is -2.15. The van der Waals surface area contributed by atoms with Gasteiger partial charge in [0, 0.05) is 31.5 Å². The molecule has 1 aromatic heterocycles. The molecule has 0 atom stereocenters. The number of aromatic nitrogens is 2. The number of benzene rings is 1. The van der Waals surface area contributed by atoms with E-state index in [0.717, 1.165) is 6.26 Å². The normalized spacial score (nSPS) is 11.6. The van der Waals surface area contributed by atoms with Crippen LogP contribution in [0.5, 0.6) is 5.88 Å². The van der Waals surface area contributed by atoms with E-state index in [4.69, 9.17) is 16.3 Å². The molecule has 0 spiro atoms. The van der Waals surface area contributed by atoms with Crippen LogP contribution in [0, 0.1) is 0 Å². The molecule has 10 heteroatoms. The van der Waals surface area contributed by atoms with Gasteiger partial charge in [0.1, 0.15) is 5.56 Å². The average molecular weight is 416 g/mol. The summed E-state index contributed by atoms with van der Waals surface area (Å²) in [7, 11) is -3.58. The molecule has 0 radical (unpaired) electrons. The van der Waals surface area contributed by atoms with Gasteiger partial charge >= 0.3 is 0 Å². The van der Waals surface area contributed by atoms with Crippen LogP contribution in [-0.4, -0.2) is 55.1 Å². The van der Waals surface area contributed by atoms with Gasteiger partial charge in [0.15, 0.2) is 9.84 Å². The van der Waals surface area contributed by atoms with Crippen LogP contribution in [0.15, 0.2) is 23.2 Å². The number of ketones is 1. The third-order valence-electron chi connectivity index (χ3n) is 3.86. The minimum Gasteiger partial charge on any atom is -0.493 e. The lowest BCUT2D eigenvalue weighted by atomic mass is 10.0. The van der Waals surface area contributed by atoms with E-state index in [1.165, 1.54) is 23.0 Å². The van der Waals surface area contributed by atoms with Gasteiger partial charge in [0.25, 0.3) is 0 Å². The first kappa shape index (κ1) is 21.2. The van der Waals surface area contributed by atoms with Crippen molar-refractivity contribution in [1.82, 2.24) is 9.78 Å². The number of carbonyl (C=O) groups is 1. The summed E-state index contributed by atoms with van der Waals surface area (Å²) in [4.78, 5) is 12.8. The van der Waals surface area contributed by atoms with Gasteiger partial charge in [-0.1, -0.05) is 11.6 Å². The molecular formula is C17H22ClN3O5S. The Hall–Kier alpha value is -2.10. The van der Waals surface area contributed by atoms with Crippen LogP contribution in [-0.2, 0) is 21.1 Å². The number of hydrogen-bond donors (Lipinski definition) is 2. The van der Waals surface area contributed by atoms with Crippen molar-refractivity contribution in [3.63, 3.8) is 0 Å². The Bertz CT molecular complexity index is 940. The molecule has 0 bridgehead atoms. The number of aryl methyl sites for hydroxylation is 1. The number of hydrogen-bond acceptors (Lipinski definition) is 7. The monoisotopic (exact) mass is 415 g/mol. The largest absolute Gasteiger partial charge is 0.493 e. The van der Waals surface area contributed by atoms with Crippen LogP contribution >= 0.6 is 11.6 Å². The zero-order valence-corrected chi connectivity index (χ0v) is 16.9. The van der Waals surface area contributed by atoms with Crippen LogP contribution in [0.4, 0.5) is 5.69 Å². The van der Waals surface area contributed by atoms with E-state index in [-0.39, 0.29) is 32.6 Å². The Balaban J connectivity index is 2.48. The summed E-state index contributed by atoms with van der Waals surface area (Å²) >= 11 is 6.37. The molecular weight excluding hydrogens is 394 g/mol. The number of aromatic hydroxyl groups is 1. The Labute approximate surface area is 163 Å². The number of carbonyl (C=O) groups excluding carboxylic acids is 1. The molecule has 0 aliphatic carbocycles. The summed E-state index contributed by atoms with van der Waals surface area (Å²) in [6.45, 7) is 5.19. The third-order valence-corrected chi connectivity index (χ3v) is 5.39. The summed E-state index contributed by atoms with van der Waals surface area (Å²) in [6, 6.07) is 2.65. The molecule has 0 fully saturated rings. The molecule has 0 aliphatic rings. The first-order valence-electron chi connectivity index (χ1n) is 8.35.